The Balaban J connectivity index is 1.63. The van der Waals surface area contributed by atoms with Crippen LogP contribution < -0.4 is 9.64 Å². The van der Waals surface area contributed by atoms with Crippen molar-refractivity contribution >= 4 is 17.3 Å². The summed E-state index contributed by atoms with van der Waals surface area (Å²) in [4.78, 5) is 19.2. The summed E-state index contributed by atoms with van der Waals surface area (Å²) in [7, 11) is 0. The number of nitriles is 1. The van der Waals surface area contributed by atoms with E-state index in [2.05, 4.69) is 54.3 Å². The van der Waals surface area contributed by atoms with E-state index in [-0.39, 0.29) is 5.78 Å². The molecule has 36 heavy (non-hydrogen) atoms. The summed E-state index contributed by atoms with van der Waals surface area (Å²) in [5.41, 5.74) is 6.82. The van der Waals surface area contributed by atoms with Crippen LogP contribution in [-0.2, 0) is 11.2 Å². The standard InChI is InChI=1S/C31H31N3O2/c1-4-31-33-30(18-22(3)35)26(21-34(31)27-14-16-28(17-15-27)36-5-2)19-23-10-12-24(13-11-23)29-9-7-6-8-25(29)20-32/h6-17H,4-5,18-19,21H2,1-3H3. The van der Waals surface area contributed by atoms with Crippen molar-refractivity contribution in [3.8, 4) is 22.9 Å². The maximum absolute atomic E-state index is 12.1. The van der Waals surface area contributed by atoms with Gasteiger partial charge in [-0.2, -0.15) is 5.26 Å². The molecule has 0 amide bonds. The van der Waals surface area contributed by atoms with Crippen LogP contribution in [0.5, 0.6) is 5.75 Å². The van der Waals surface area contributed by atoms with Gasteiger partial charge in [0, 0.05) is 25.1 Å². The summed E-state index contributed by atoms with van der Waals surface area (Å²) in [5.74, 6) is 1.92. The Kier molecular flexibility index (Phi) is 7.97. The van der Waals surface area contributed by atoms with Gasteiger partial charge in [-0.3, -0.25) is 4.79 Å². The number of allylic oxidation sites excluding steroid dienone is 1. The highest BCUT2D eigenvalue weighted by atomic mass is 16.5. The summed E-state index contributed by atoms with van der Waals surface area (Å²) >= 11 is 0. The minimum Gasteiger partial charge on any atom is -0.494 e. The zero-order valence-corrected chi connectivity index (χ0v) is 21.1. The molecule has 0 aromatic heterocycles. The summed E-state index contributed by atoms with van der Waals surface area (Å²) in [6.07, 6.45) is 1.81. The van der Waals surface area contributed by atoms with Crippen LogP contribution >= 0.6 is 0 Å². The quantitative estimate of drug-likeness (QED) is 0.343. The molecule has 0 atom stereocenters. The van der Waals surface area contributed by atoms with E-state index in [1.807, 2.05) is 43.3 Å². The molecule has 0 bridgehead atoms. The minimum absolute atomic E-state index is 0.111. The number of amidine groups is 1. The molecule has 0 aliphatic carbocycles. The molecule has 0 N–H and O–H groups in total. The van der Waals surface area contributed by atoms with Crippen molar-refractivity contribution in [1.82, 2.24) is 0 Å². The van der Waals surface area contributed by atoms with E-state index < -0.39 is 0 Å². The highest BCUT2D eigenvalue weighted by Crippen LogP contribution is 2.30. The Morgan fingerprint density at radius 1 is 1.03 bits per heavy atom. The number of rotatable bonds is 9. The lowest BCUT2D eigenvalue weighted by Crippen LogP contribution is -2.36. The number of carbonyl (C=O) groups is 1. The van der Waals surface area contributed by atoms with Gasteiger partial charge in [-0.25, -0.2) is 4.99 Å². The number of hydrogen-bond donors (Lipinski definition) is 0. The third-order valence-electron chi connectivity index (χ3n) is 6.25. The first-order valence-corrected chi connectivity index (χ1v) is 12.4. The van der Waals surface area contributed by atoms with Gasteiger partial charge >= 0.3 is 0 Å². The predicted molar refractivity (Wildman–Crippen MR) is 145 cm³/mol. The average Bonchev–Trinajstić information content (AvgIpc) is 2.90. The molecule has 0 unspecified atom stereocenters. The minimum atomic E-state index is 0.111. The lowest BCUT2D eigenvalue weighted by molar-refractivity contribution is -0.116. The normalized spacial score (nSPS) is 13.3. The van der Waals surface area contributed by atoms with Crippen molar-refractivity contribution in [2.45, 2.75) is 40.0 Å². The highest BCUT2D eigenvalue weighted by molar-refractivity contribution is 6.00. The van der Waals surface area contributed by atoms with Crippen LogP contribution in [-0.4, -0.2) is 24.8 Å². The zero-order valence-electron chi connectivity index (χ0n) is 21.1. The van der Waals surface area contributed by atoms with E-state index in [4.69, 9.17) is 9.73 Å². The van der Waals surface area contributed by atoms with Crippen molar-refractivity contribution in [2.75, 3.05) is 18.1 Å². The second kappa shape index (κ2) is 11.5. The number of carbonyl (C=O) groups excluding carboxylic acids is 1. The molecule has 0 fully saturated rings. The fraction of sp³-hybridized carbons (Fsp3) is 0.258. The maximum atomic E-state index is 12.1. The van der Waals surface area contributed by atoms with Gasteiger partial charge in [-0.1, -0.05) is 49.4 Å². The Morgan fingerprint density at radius 3 is 2.39 bits per heavy atom. The molecule has 5 nitrogen and oxygen atoms in total. The van der Waals surface area contributed by atoms with Crippen LogP contribution in [0.25, 0.3) is 11.1 Å². The second-order valence-corrected chi connectivity index (χ2v) is 8.85. The molecule has 3 aromatic carbocycles. The van der Waals surface area contributed by atoms with Crippen molar-refractivity contribution < 1.29 is 9.53 Å². The monoisotopic (exact) mass is 477 g/mol. The highest BCUT2D eigenvalue weighted by Gasteiger charge is 2.23. The Morgan fingerprint density at radius 2 is 1.75 bits per heavy atom. The maximum Gasteiger partial charge on any atom is 0.135 e. The molecule has 5 heteroatoms. The van der Waals surface area contributed by atoms with Gasteiger partial charge in [0.2, 0.25) is 0 Å². The molecule has 3 aromatic rings. The van der Waals surface area contributed by atoms with Gasteiger partial charge in [0.1, 0.15) is 17.4 Å². The lowest BCUT2D eigenvalue weighted by Gasteiger charge is -2.32. The Bertz CT molecular complexity index is 1330. The number of ketones is 1. The predicted octanol–water partition coefficient (Wildman–Crippen LogP) is 6.73. The molecular formula is C31H31N3O2. The lowest BCUT2D eigenvalue weighted by atomic mass is 9.95. The Labute approximate surface area is 213 Å². The number of ether oxygens (including phenoxy) is 1. The fourth-order valence-electron chi connectivity index (χ4n) is 4.51. The van der Waals surface area contributed by atoms with Gasteiger partial charge in [0.25, 0.3) is 0 Å². The molecule has 4 rings (SSSR count). The largest absolute Gasteiger partial charge is 0.494 e. The zero-order chi connectivity index (χ0) is 25.5. The van der Waals surface area contributed by atoms with Crippen LogP contribution in [0.4, 0.5) is 5.69 Å². The van der Waals surface area contributed by atoms with Gasteiger partial charge in [0.15, 0.2) is 0 Å². The van der Waals surface area contributed by atoms with E-state index in [0.29, 0.717) is 31.6 Å². The molecule has 0 saturated carbocycles. The second-order valence-electron chi connectivity index (χ2n) is 8.85. The third-order valence-corrected chi connectivity index (χ3v) is 6.25. The van der Waals surface area contributed by atoms with Gasteiger partial charge < -0.3 is 9.64 Å². The number of aliphatic imine (C=N–C) groups is 1. The molecular weight excluding hydrogens is 446 g/mol. The van der Waals surface area contributed by atoms with Crippen LogP contribution in [0.1, 0.15) is 44.7 Å². The molecule has 0 radical (unpaired) electrons. The van der Waals surface area contributed by atoms with Gasteiger partial charge in [-0.15, -0.1) is 0 Å². The van der Waals surface area contributed by atoms with E-state index in [1.165, 1.54) is 0 Å². The number of anilines is 1. The van der Waals surface area contributed by atoms with Crippen LogP contribution in [0, 0.1) is 11.3 Å². The molecule has 1 heterocycles. The van der Waals surface area contributed by atoms with Crippen molar-refractivity contribution in [3.63, 3.8) is 0 Å². The molecule has 1 aliphatic heterocycles. The first-order chi connectivity index (χ1) is 17.5. The summed E-state index contributed by atoms with van der Waals surface area (Å²) < 4.78 is 5.61. The van der Waals surface area contributed by atoms with E-state index in [1.54, 1.807) is 6.92 Å². The van der Waals surface area contributed by atoms with Gasteiger partial charge in [-0.05, 0) is 72.9 Å². The molecule has 182 valence electrons. The summed E-state index contributed by atoms with van der Waals surface area (Å²) in [6.45, 7) is 7.00. The first-order valence-electron chi connectivity index (χ1n) is 12.4. The van der Waals surface area contributed by atoms with Crippen molar-refractivity contribution in [3.05, 3.63) is 95.2 Å². The third kappa shape index (κ3) is 5.72. The molecule has 1 aliphatic rings. The van der Waals surface area contributed by atoms with E-state index in [0.717, 1.165) is 51.7 Å². The summed E-state index contributed by atoms with van der Waals surface area (Å²) in [5, 5.41) is 9.45. The number of Topliss-reactive ketones (excluding diaryl/α,β-unsaturated/α-hetero) is 1. The Hall–Kier alpha value is -4.17. The first kappa shape index (κ1) is 24.9. The topological polar surface area (TPSA) is 65.7 Å². The number of hydrogen-bond acceptors (Lipinski definition) is 5. The fourth-order valence-corrected chi connectivity index (χ4v) is 4.51. The molecule has 0 spiro atoms. The van der Waals surface area contributed by atoms with Crippen molar-refractivity contribution in [2.24, 2.45) is 4.99 Å². The van der Waals surface area contributed by atoms with Gasteiger partial charge in [0.05, 0.1) is 23.9 Å². The van der Waals surface area contributed by atoms with Crippen molar-refractivity contribution in [1.29, 1.82) is 5.26 Å². The average molecular weight is 478 g/mol. The summed E-state index contributed by atoms with van der Waals surface area (Å²) in [6, 6.07) is 26.3. The SMILES string of the molecule is CCOc1ccc(N2CC(Cc3ccc(-c4ccccc4C#N)cc3)=C(CC(C)=O)N=C2CC)cc1. The van der Waals surface area contributed by atoms with Crippen LogP contribution in [0.15, 0.2) is 89.1 Å². The van der Waals surface area contributed by atoms with E-state index >= 15 is 0 Å². The van der Waals surface area contributed by atoms with Crippen LogP contribution in [0.3, 0.4) is 0 Å². The number of benzene rings is 3. The smallest absolute Gasteiger partial charge is 0.135 e. The van der Waals surface area contributed by atoms with E-state index in [9.17, 15) is 10.1 Å². The molecule has 0 saturated heterocycles. The van der Waals surface area contributed by atoms with Crippen LogP contribution in [0.2, 0.25) is 0 Å². The number of nitrogens with zero attached hydrogens (tertiary/aromatic N) is 3.